The molecule has 0 aliphatic rings. The molecule has 0 fully saturated rings. The molecular weight excluding hydrogens is 375 g/mol. The maximum atomic E-state index is 6.14. The van der Waals surface area contributed by atoms with Gasteiger partial charge in [0.15, 0.2) is 0 Å². The Kier molecular flexibility index (Phi) is 5.58. The van der Waals surface area contributed by atoms with E-state index in [-0.39, 0.29) is 15.7 Å². The molecule has 0 bridgehead atoms. The average Bonchev–Trinajstić information content (AvgIpc) is 2.42. The fourth-order valence-electron chi connectivity index (χ4n) is 1.48. The minimum Gasteiger partial charge on any atom is -0.275 e. The second-order valence-corrected chi connectivity index (χ2v) is 6.99. The molecule has 0 unspecified atom stereocenters. The normalized spacial score (nSPS) is 11.9. The smallest absolute Gasteiger partial charge is 0.234 e. The van der Waals surface area contributed by atoms with E-state index in [1.165, 1.54) is 6.20 Å². The van der Waals surface area contributed by atoms with Crippen LogP contribution in [0.1, 0.15) is 11.3 Å². The van der Waals surface area contributed by atoms with Crippen molar-refractivity contribution in [3.8, 4) is 0 Å². The molecule has 21 heavy (non-hydrogen) atoms. The lowest BCUT2D eigenvalue weighted by Gasteiger charge is -2.15. The number of hydrogen-bond acceptors (Lipinski definition) is 3. The maximum absolute atomic E-state index is 6.14. The van der Waals surface area contributed by atoms with E-state index in [2.05, 4.69) is 15.5 Å². The zero-order valence-corrected chi connectivity index (χ0v) is 14.1. The summed E-state index contributed by atoms with van der Waals surface area (Å²) in [4.78, 5) is 3.92. The number of halogens is 5. The zero-order valence-electron chi connectivity index (χ0n) is 10.3. The highest BCUT2D eigenvalue weighted by atomic mass is 35.6. The summed E-state index contributed by atoms with van der Waals surface area (Å²) in [5.74, 6) is 0. The fraction of sp³-hybridized carbons (Fsp3) is 0.0769. The number of nitrogens with zero attached hydrogens (tertiary/aromatic N) is 2. The van der Waals surface area contributed by atoms with E-state index < -0.39 is 3.79 Å². The molecule has 1 aromatic carbocycles. The summed E-state index contributed by atoms with van der Waals surface area (Å²) < 4.78 is -1.75. The standard InChI is InChI=1S/C13H8Cl5N3/c14-9-7-19-12(13(16,17)18)10(15)11(9)21-20-6-8-4-2-1-3-5-8/h1-7H,(H,19,21)/b20-6-. The number of aromatic nitrogens is 1. The van der Waals surface area contributed by atoms with E-state index in [1.54, 1.807) is 6.21 Å². The van der Waals surface area contributed by atoms with Crippen molar-refractivity contribution < 1.29 is 0 Å². The van der Waals surface area contributed by atoms with Crippen LogP contribution in [0.5, 0.6) is 0 Å². The van der Waals surface area contributed by atoms with Gasteiger partial charge in [0.2, 0.25) is 3.79 Å². The molecule has 1 aromatic heterocycles. The van der Waals surface area contributed by atoms with Crippen LogP contribution in [0.3, 0.4) is 0 Å². The third-order valence-electron chi connectivity index (χ3n) is 2.43. The lowest BCUT2D eigenvalue weighted by molar-refractivity contribution is 1.08. The summed E-state index contributed by atoms with van der Waals surface area (Å²) in [6.45, 7) is 0. The topological polar surface area (TPSA) is 37.3 Å². The van der Waals surface area contributed by atoms with E-state index in [9.17, 15) is 0 Å². The van der Waals surface area contributed by atoms with Crippen LogP contribution in [0, 0.1) is 0 Å². The first-order valence-electron chi connectivity index (χ1n) is 5.65. The van der Waals surface area contributed by atoms with Crippen LogP contribution < -0.4 is 5.43 Å². The van der Waals surface area contributed by atoms with Crippen LogP contribution in [-0.4, -0.2) is 11.2 Å². The Balaban J connectivity index is 2.26. The van der Waals surface area contributed by atoms with Crippen molar-refractivity contribution in [1.29, 1.82) is 0 Å². The minimum atomic E-state index is -1.75. The van der Waals surface area contributed by atoms with Crippen molar-refractivity contribution in [3.05, 3.63) is 57.8 Å². The van der Waals surface area contributed by atoms with Crippen molar-refractivity contribution in [2.24, 2.45) is 5.10 Å². The monoisotopic (exact) mass is 381 g/mol. The zero-order chi connectivity index (χ0) is 15.5. The lowest BCUT2D eigenvalue weighted by Crippen LogP contribution is -2.06. The first-order chi connectivity index (χ1) is 9.89. The average molecular weight is 383 g/mol. The van der Waals surface area contributed by atoms with Gasteiger partial charge in [-0.1, -0.05) is 88.3 Å². The third kappa shape index (κ3) is 4.38. The van der Waals surface area contributed by atoms with Gasteiger partial charge < -0.3 is 0 Å². The molecule has 110 valence electrons. The predicted molar refractivity (Wildman–Crippen MR) is 91.2 cm³/mol. The van der Waals surface area contributed by atoms with Crippen LogP contribution in [0.4, 0.5) is 5.69 Å². The third-order valence-corrected chi connectivity index (χ3v) is 3.62. The van der Waals surface area contributed by atoms with Gasteiger partial charge in [0, 0.05) is 6.20 Å². The summed E-state index contributed by atoms with van der Waals surface area (Å²) in [7, 11) is 0. The molecule has 2 aromatic rings. The Morgan fingerprint density at radius 2 is 1.76 bits per heavy atom. The largest absolute Gasteiger partial charge is 0.275 e. The maximum Gasteiger partial charge on any atom is 0.234 e. The second kappa shape index (κ2) is 7.03. The Bertz CT molecular complexity index is 653. The van der Waals surface area contributed by atoms with E-state index in [0.717, 1.165) is 5.56 Å². The van der Waals surface area contributed by atoms with E-state index in [0.29, 0.717) is 5.69 Å². The van der Waals surface area contributed by atoms with Crippen molar-refractivity contribution in [2.75, 3.05) is 5.43 Å². The first-order valence-corrected chi connectivity index (χ1v) is 7.54. The van der Waals surface area contributed by atoms with Gasteiger partial charge in [-0.15, -0.1) is 0 Å². The SMILES string of the molecule is Clc1cnc(C(Cl)(Cl)Cl)c(Cl)c1N/N=C\c1ccccc1. The van der Waals surface area contributed by atoms with Crippen molar-refractivity contribution in [2.45, 2.75) is 3.79 Å². The fourth-order valence-corrected chi connectivity index (χ4v) is 2.62. The molecule has 3 nitrogen and oxygen atoms in total. The molecule has 1 heterocycles. The summed E-state index contributed by atoms with van der Waals surface area (Å²) in [6, 6.07) is 9.50. The number of anilines is 1. The van der Waals surface area contributed by atoms with Gasteiger partial charge in [-0.3, -0.25) is 10.4 Å². The van der Waals surface area contributed by atoms with Gasteiger partial charge >= 0.3 is 0 Å². The number of benzene rings is 1. The van der Waals surface area contributed by atoms with Crippen LogP contribution in [-0.2, 0) is 3.79 Å². The highest BCUT2D eigenvalue weighted by molar-refractivity contribution is 6.67. The van der Waals surface area contributed by atoms with Gasteiger partial charge in [0.1, 0.15) is 5.69 Å². The van der Waals surface area contributed by atoms with Crippen molar-refractivity contribution in [3.63, 3.8) is 0 Å². The van der Waals surface area contributed by atoms with E-state index in [1.807, 2.05) is 30.3 Å². The van der Waals surface area contributed by atoms with Gasteiger partial charge in [-0.25, -0.2) is 0 Å². The van der Waals surface area contributed by atoms with Crippen LogP contribution in [0.15, 0.2) is 41.6 Å². The van der Waals surface area contributed by atoms with Crippen LogP contribution >= 0.6 is 58.0 Å². The number of hydrazone groups is 1. The molecule has 0 atom stereocenters. The Hall–Kier alpha value is -0.710. The van der Waals surface area contributed by atoms with Gasteiger partial charge in [-0.05, 0) is 5.56 Å². The Labute approximate surface area is 146 Å². The quantitative estimate of drug-likeness (QED) is 0.422. The van der Waals surface area contributed by atoms with E-state index in [4.69, 9.17) is 58.0 Å². The molecule has 8 heteroatoms. The molecule has 0 radical (unpaired) electrons. The number of pyridine rings is 1. The molecule has 0 amide bonds. The number of nitrogens with one attached hydrogen (secondary N) is 1. The first kappa shape index (κ1) is 16.7. The lowest BCUT2D eigenvalue weighted by atomic mass is 10.2. The van der Waals surface area contributed by atoms with E-state index >= 15 is 0 Å². The van der Waals surface area contributed by atoms with Gasteiger partial charge in [0.25, 0.3) is 0 Å². The summed E-state index contributed by atoms with van der Waals surface area (Å²) in [5, 5.41) is 4.43. The summed E-state index contributed by atoms with van der Waals surface area (Å²) in [6.07, 6.45) is 2.95. The summed E-state index contributed by atoms with van der Waals surface area (Å²) >= 11 is 29.5. The second-order valence-electron chi connectivity index (χ2n) is 3.92. The van der Waals surface area contributed by atoms with Crippen LogP contribution in [0.2, 0.25) is 10.0 Å². The highest BCUT2D eigenvalue weighted by Crippen LogP contribution is 2.44. The number of alkyl halides is 3. The molecular formula is C13H8Cl5N3. The molecule has 0 aliphatic carbocycles. The van der Waals surface area contributed by atoms with Crippen LogP contribution in [0.25, 0.3) is 0 Å². The molecule has 2 rings (SSSR count). The molecule has 0 saturated heterocycles. The molecule has 1 N–H and O–H groups in total. The molecule has 0 aliphatic heterocycles. The minimum absolute atomic E-state index is 0.0796. The van der Waals surface area contributed by atoms with Gasteiger partial charge in [0.05, 0.1) is 21.9 Å². The van der Waals surface area contributed by atoms with Crippen molar-refractivity contribution >= 4 is 69.9 Å². The summed E-state index contributed by atoms with van der Waals surface area (Å²) in [5.41, 5.74) is 4.04. The Morgan fingerprint density at radius 1 is 1.10 bits per heavy atom. The number of hydrogen-bond donors (Lipinski definition) is 1. The number of rotatable bonds is 3. The van der Waals surface area contributed by atoms with Crippen molar-refractivity contribution in [1.82, 2.24) is 4.98 Å². The predicted octanol–water partition coefficient (Wildman–Crippen LogP) is 5.66. The van der Waals surface area contributed by atoms with Gasteiger partial charge in [-0.2, -0.15) is 5.10 Å². The molecule has 0 spiro atoms. The highest BCUT2D eigenvalue weighted by Gasteiger charge is 2.29. The Morgan fingerprint density at radius 3 is 2.38 bits per heavy atom. The molecule has 0 saturated carbocycles.